The number of pyridine rings is 2. The third kappa shape index (κ3) is 9.43. The Labute approximate surface area is 326 Å². The summed E-state index contributed by atoms with van der Waals surface area (Å²) in [7, 11) is 4.25. The zero-order valence-corrected chi connectivity index (χ0v) is 35.6. The van der Waals surface area contributed by atoms with E-state index >= 15 is 0 Å². The second-order valence-electron chi connectivity index (χ2n) is 16.0. The van der Waals surface area contributed by atoms with Crippen LogP contribution in [0.15, 0.2) is 83.4 Å². The van der Waals surface area contributed by atoms with Gasteiger partial charge in [0.15, 0.2) is 11.4 Å². The van der Waals surface area contributed by atoms with E-state index in [0.29, 0.717) is 5.92 Å². The number of nitrogens with zero attached hydrogens (tertiary/aromatic N) is 2. The van der Waals surface area contributed by atoms with Crippen LogP contribution in [-0.4, -0.2) is 15.9 Å². The first kappa shape index (κ1) is 42.7. The van der Waals surface area contributed by atoms with Crippen molar-refractivity contribution in [3.8, 4) is 22.5 Å². The van der Waals surface area contributed by atoms with Crippen LogP contribution in [0.2, 0.25) is 0 Å². The first-order chi connectivity index (χ1) is 24.0. The fraction of sp³-hybridized carbons (Fsp3) is 0.435. The predicted octanol–water partition coefficient (Wildman–Crippen LogP) is 12.2. The molecule has 0 atom stereocenters. The minimum absolute atomic E-state index is 0. The summed E-state index contributed by atoms with van der Waals surface area (Å²) >= 11 is 0. The SMILES string of the molecule is CCC(C)(CC)C(=O)/C=C(\O)C(C)(CC)CC.[CH2-][n+]1ccc(-c2cc3c(CC(C)C)coc3cn2)cc1-c1[c-]c2ccccc2c(C(C)(C)C)c1.[Ir]. The van der Waals surface area contributed by atoms with Gasteiger partial charge in [-0.05, 0) is 72.8 Å². The molecule has 0 amide bonds. The molecule has 2 aromatic carbocycles. The summed E-state index contributed by atoms with van der Waals surface area (Å²) in [6.07, 6.45) is 11.4. The van der Waals surface area contributed by atoms with Crippen LogP contribution >= 0.6 is 0 Å². The monoisotopic (exact) mass is 880 g/mol. The zero-order valence-electron chi connectivity index (χ0n) is 33.2. The van der Waals surface area contributed by atoms with Crippen LogP contribution in [-0.2, 0) is 36.7 Å². The molecule has 0 saturated carbocycles. The Kier molecular flexibility index (Phi) is 14.3. The topological polar surface area (TPSA) is 67.2 Å². The third-order valence-electron chi connectivity index (χ3n) is 11.0. The fourth-order valence-corrected chi connectivity index (χ4v) is 6.33. The van der Waals surface area contributed by atoms with E-state index < -0.39 is 0 Å². The van der Waals surface area contributed by atoms with E-state index in [9.17, 15) is 9.90 Å². The van der Waals surface area contributed by atoms with Crippen LogP contribution in [0.4, 0.5) is 0 Å². The van der Waals surface area contributed by atoms with Crippen LogP contribution in [0.3, 0.4) is 0 Å². The number of hydrogen-bond acceptors (Lipinski definition) is 4. The van der Waals surface area contributed by atoms with E-state index in [2.05, 4.69) is 96.3 Å². The Balaban J connectivity index is 0.000000347. The Morgan fingerprint density at radius 2 is 1.58 bits per heavy atom. The Hall–Kier alpha value is -3.73. The molecule has 281 valence electrons. The van der Waals surface area contributed by atoms with Gasteiger partial charge in [-0.1, -0.05) is 105 Å². The van der Waals surface area contributed by atoms with E-state index in [1.807, 2.05) is 64.8 Å². The van der Waals surface area contributed by atoms with Crippen molar-refractivity contribution in [2.45, 2.75) is 114 Å². The van der Waals surface area contributed by atoms with Gasteiger partial charge < -0.3 is 14.1 Å². The van der Waals surface area contributed by atoms with Crippen molar-refractivity contribution >= 4 is 27.5 Å². The number of benzene rings is 2. The molecule has 0 aliphatic heterocycles. The number of allylic oxidation sites excluding steroid dienone is 2. The Morgan fingerprint density at radius 3 is 2.17 bits per heavy atom. The number of aliphatic hydroxyl groups excluding tert-OH is 1. The summed E-state index contributed by atoms with van der Waals surface area (Å²) < 4.78 is 7.67. The van der Waals surface area contributed by atoms with Gasteiger partial charge in [-0.15, -0.1) is 29.1 Å². The maximum Gasteiger partial charge on any atom is 0.164 e. The van der Waals surface area contributed by atoms with Crippen molar-refractivity contribution in [3.05, 3.63) is 103 Å². The van der Waals surface area contributed by atoms with Crippen molar-refractivity contribution in [1.29, 1.82) is 0 Å². The van der Waals surface area contributed by atoms with Gasteiger partial charge in [-0.3, -0.25) is 9.78 Å². The molecule has 5 nitrogen and oxygen atoms in total. The van der Waals surface area contributed by atoms with Gasteiger partial charge in [0, 0.05) is 49.4 Å². The molecule has 0 saturated heterocycles. The summed E-state index contributed by atoms with van der Waals surface area (Å²) in [6, 6.07) is 20.8. The molecule has 3 heterocycles. The van der Waals surface area contributed by atoms with Crippen LogP contribution < -0.4 is 4.57 Å². The largest absolute Gasteiger partial charge is 0.512 e. The van der Waals surface area contributed by atoms with Crippen molar-refractivity contribution in [3.63, 3.8) is 0 Å². The molecule has 5 rings (SSSR count). The van der Waals surface area contributed by atoms with E-state index in [1.165, 1.54) is 22.6 Å². The molecule has 0 unspecified atom stereocenters. The van der Waals surface area contributed by atoms with E-state index in [0.717, 1.165) is 71.0 Å². The molecular weight excluding hydrogens is 821 g/mol. The van der Waals surface area contributed by atoms with Gasteiger partial charge in [0.2, 0.25) is 0 Å². The van der Waals surface area contributed by atoms with Crippen LogP contribution in [0, 0.1) is 29.9 Å². The van der Waals surface area contributed by atoms with Gasteiger partial charge in [-0.2, -0.15) is 0 Å². The van der Waals surface area contributed by atoms with Gasteiger partial charge >= 0.3 is 0 Å². The fourth-order valence-electron chi connectivity index (χ4n) is 6.33. The standard InChI is InChI=1S/C31H31N2O.C15H28O2.Ir/c1-20(2)13-24-19-34-30-18-32-28(17-26(24)30)22-11-12-33(6)29(16-22)23-14-21-9-7-8-10-25(21)27(15-23)31(3,4)5;1-7-14(5,8-2)12(16)11-13(17)15(6,9-3)10-4;/h7-12,15-20H,6,13H2,1-5H3;11,16H,7-10H2,1-6H3;/q-1;;/b;12-11-;. The van der Waals surface area contributed by atoms with Crippen LogP contribution in [0.25, 0.3) is 44.3 Å². The van der Waals surface area contributed by atoms with Crippen molar-refractivity contribution in [2.75, 3.05) is 0 Å². The second kappa shape index (κ2) is 17.4. The Morgan fingerprint density at radius 1 is 0.942 bits per heavy atom. The molecule has 0 aliphatic carbocycles. The molecule has 0 bridgehead atoms. The van der Waals surface area contributed by atoms with E-state index in [-0.39, 0.29) is 47.9 Å². The third-order valence-corrected chi connectivity index (χ3v) is 11.0. The molecule has 5 aromatic rings. The minimum atomic E-state index is -0.337. The van der Waals surface area contributed by atoms with Gasteiger partial charge in [0.05, 0.1) is 24.4 Å². The van der Waals surface area contributed by atoms with Crippen LogP contribution in [0.1, 0.15) is 113 Å². The van der Waals surface area contributed by atoms with Gasteiger partial charge in [0.1, 0.15) is 11.5 Å². The first-order valence-corrected chi connectivity index (χ1v) is 18.6. The summed E-state index contributed by atoms with van der Waals surface area (Å²) in [6.45, 7) is 23.3. The summed E-state index contributed by atoms with van der Waals surface area (Å²) in [5.41, 5.74) is 6.79. The summed E-state index contributed by atoms with van der Waals surface area (Å²) in [5, 5.41) is 13.6. The second-order valence-corrected chi connectivity index (χ2v) is 16.0. The molecular formula is C46H59IrN2O3-. The van der Waals surface area contributed by atoms with Crippen molar-refractivity contribution < 1.29 is 39.0 Å². The molecule has 0 spiro atoms. The Bertz CT molecular complexity index is 2010. The number of ketones is 1. The van der Waals surface area contributed by atoms with Crippen molar-refractivity contribution in [2.24, 2.45) is 16.7 Å². The normalized spacial score (nSPS) is 12.5. The average molecular weight is 880 g/mol. The molecule has 3 aromatic heterocycles. The number of furan rings is 1. The van der Waals surface area contributed by atoms with Gasteiger partial charge in [-0.25, -0.2) is 0 Å². The molecule has 1 N–H and O–H groups in total. The number of carbonyl (C=O) groups excluding carboxylic acids is 1. The number of aliphatic hydroxyl groups is 1. The van der Waals surface area contributed by atoms with E-state index in [1.54, 1.807) is 0 Å². The summed E-state index contributed by atoms with van der Waals surface area (Å²) in [5.74, 6) is 0.847. The average Bonchev–Trinajstić information content (AvgIpc) is 3.51. The number of fused-ring (bicyclic) bond motifs is 2. The molecule has 52 heavy (non-hydrogen) atoms. The number of hydrogen-bond donors (Lipinski definition) is 1. The van der Waals surface area contributed by atoms with Gasteiger partial charge in [0.25, 0.3) is 0 Å². The zero-order chi connectivity index (χ0) is 37.7. The predicted molar refractivity (Wildman–Crippen MR) is 213 cm³/mol. The number of carbonyl (C=O) groups is 1. The molecule has 0 fully saturated rings. The molecule has 0 aliphatic rings. The van der Waals surface area contributed by atoms with E-state index in [4.69, 9.17) is 9.40 Å². The van der Waals surface area contributed by atoms with Crippen LogP contribution in [0.5, 0.6) is 0 Å². The smallest absolute Gasteiger partial charge is 0.164 e. The first-order valence-electron chi connectivity index (χ1n) is 18.6. The number of aromatic nitrogens is 2. The summed E-state index contributed by atoms with van der Waals surface area (Å²) in [4.78, 5) is 16.9. The maximum absolute atomic E-state index is 12.2. The minimum Gasteiger partial charge on any atom is -0.512 e. The molecule has 1 radical (unpaired) electrons. The molecule has 6 heteroatoms. The number of rotatable bonds is 11. The van der Waals surface area contributed by atoms with Crippen molar-refractivity contribution in [1.82, 2.24) is 4.98 Å². The maximum atomic E-state index is 12.2. The quantitative estimate of drug-likeness (QED) is 0.0621.